The van der Waals surface area contributed by atoms with Crippen LogP contribution in [0.1, 0.15) is 25.3 Å². The zero-order valence-electron chi connectivity index (χ0n) is 9.08. The summed E-state index contributed by atoms with van der Waals surface area (Å²) < 4.78 is 0. The predicted molar refractivity (Wildman–Crippen MR) is 67.2 cm³/mol. The molecular formula is C13H20Si. The van der Waals surface area contributed by atoms with Crippen LogP contribution in [0.3, 0.4) is 0 Å². The molecule has 1 atom stereocenters. The van der Waals surface area contributed by atoms with Gasteiger partial charge in [0.25, 0.3) is 0 Å². The highest BCUT2D eigenvalue weighted by molar-refractivity contribution is 6.63. The van der Waals surface area contributed by atoms with Gasteiger partial charge in [0.2, 0.25) is 0 Å². The molecule has 0 radical (unpaired) electrons. The van der Waals surface area contributed by atoms with E-state index in [0.29, 0.717) is 0 Å². The molecule has 0 aliphatic heterocycles. The Morgan fingerprint density at radius 1 is 1.29 bits per heavy atom. The van der Waals surface area contributed by atoms with Crippen LogP contribution in [-0.2, 0) is 6.04 Å². The minimum absolute atomic E-state index is 0.693. The Morgan fingerprint density at radius 3 is 2.57 bits per heavy atom. The van der Waals surface area contributed by atoms with E-state index in [4.69, 9.17) is 0 Å². The molecule has 0 fully saturated rings. The van der Waals surface area contributed by atoms with E-state index < -0.39 is 8.80 Å². The van der Waals surface area contributed by atoms with Gasteiger partial charge < -0.3 is 0 Å². The lowest BCUT2D eigenvalue weighted by molar-refractivity contribution is 0.873. The van der Waals surface area contributed by atoms with Gasteiger partial charge in [0, 0.05) is 0 Å². The summed E-state index contributed by atoms with van der Waals surface area (Å²) >= 11 is 0. The van der Waals surface area contributed by atoms with Crippen LogP contribution in [0, 0.1) is 0 Å². The Labute approximate surface area is 89.3 Å². The summed E-state index contributed by atoms with van der Waals surface area (Å²) in [5.41, 5.74) is 3.73. The maximum Gasteiger partial charge on any atom is 0.0650 e. The lowest BCUT2D eigenvalue weighted by Gasteiger charge is -2.09. The molecule has 0 spiro atoms. The van der Waals surface area contributed by atoms with Gasteiger partial charge in [0.05, 0.1) is 8.80 Å². The summed E-state index contributed by atoms with van der Waals surface area (Å²) in [5.74, 6) is 0. The number of benzene rings is 1. The number of unbranched alkanes of at least 4 members (excludes halogenated alkanes) is 1. The van der Waals surface area contributed by atoms with Gasteiger partial charge in [-0.2, -0.15) is 0 Å². The second kappa shape index (κ2) is 6.60. The van der Waals surface area contributed by atoms with E-state index in [2.05, 4.69) is 49.5 Å². The zero-order chi connectivity index (χ0) is 10.2. The third kappa shape index (κ3) is 3.92. The molecule has 0 nitrogen and oxygen atoms in total. The van der Waals surface area contributed by atoms with E-state index in [9.17, 15) is 0 Å². The molecule has 0 aliphatic carbocycles. The second-order valence-corrected chi connectivity index (χ2v) is 6.80. The largest absolute Gasteiger partial charge is 0.107 e. The molecule has 14 heavy (non-hydrogen) atoms. The van der Waals surface area contributed by atoms with Gasteiger partial charge in [-0.3, -0.25) is 0 Å². The first-order valence-electron chi connectivity index (χ1n) is 5.53. The zero-order valence-corrected chi connectivity index (χ0v) is 10.2. The molecule has 1 aromatic rings. The molecular weight excluding hydrogens is 184 g/mol. The van der Waals surface area contributed by atoms with Crippen LogP contribution in [0.2, 0.25) is 6.04 Å². The van der Waals surface area contributed by atoms with Crippen molar-refractivity contribution < 1.29 is 0 Å². The Kier molecular flexibility index (Phi) is 5.31. The minimum Gasteiger partial charge on any atom is -0.107 e. The van der Waals surface area contributed by atoms with E-state index in [0.717, 1.165) is 0 Å². The summed E-state index contributed by atoms with van der Waals surface area (Å²) in [6.45, 7) is 6.23. The molecule has 0 aliphatic rings. The van der Waals surface area contributed by atoms with E-state index in [1.807, 2.05) is 0 Å². The van der Waals surface area contributed by atoms with Crippen LogP contribution in [0.15, 0.2) is 42.6 Å². The molecule has 1 rings (SSSR count). The van der Waals surface area contributed by atoms with Gasteiger partial charge in [-0.25, -0.2) is 0 Å². The molecule has 0 saturated heterocycles. The van der Waals surface area contributed by atoms with Crippen molar-refractivity contribution in [1.29, 1.82) is 0 Å². The van der Waals surface area contributed by atoms with Crippen molar-refractivity contribution >= 4 is 8.80 Å². The standard InChI is InChI=1S/C13H20Si/c1-3-5-11-14(4-2)12-13-9-7-6-8-10-13/h4,6-10,14H,2-3,5,11-12H2,1H3. The van der Waals surface area contributed by atoms with Crippen LogP contribution in [0.4, 0.5) is 0 Å². The average molecular weight is 204 g/mol. The SMILES string of the molecule is C=C[SiH](CCCC)Cc1ccccc1. The van der Waals surface area contributed by atoms with Gasteiger partial charge in [0.1, 0.15) is 0 Å². The average Bonchev–Trinajstić information content (AvgIpc) is 2.25. The first-order chi connectivity index (χ1) is 6.86. The second-order valence-electron chi connectivity index (χ2n) is 3.83. The first-order valence-corrected chi connectivity index (χ1v) is 7.83. The topological polar surface area (TPSA) is 0 Å². The maximum atomic E-state index is 3.97. The molecule has 0 saturated carbocycles. The summed E-state index contributed by atoms with van der Waals surface area (Å²) in [4.78, 5) is 0. The molecule has 1 unspecified atom stereocenters. The van der Waals surface area contributed by atoms with Crippen LogP contribution in [0.5, 0.6) is 0 Å². The van der Waals surface area contributed by atoms with Crippen LogP contribution >= 0.6 is 0 Å². The highest BCUT2D eigenvalue weighted by atomic mass is 28.3. The first kappa shape index (κ1) is 11.3. The smallest absolute Gasteiger partial charge is 0.0650 e. The quantitative estimate of drug-likeness (QED) is 0.622. The van der Waals surface area contributed by atoms with Gasteiger partial charge in [-0.05, 0) is 6.04 Å². The van der Waals surface area contributed by atoms with E-state index in [1.165, 1.54) is 30.5 Å². The number of hydrogen-bond donors (Lipinski definition) is 0. The van der Waals surface area contributed by atoms with Gasteiger partial charge >= 0.3 is 0 Å². The fourth-order valence-corrected chi connectivity index (χ4v) is 4.10. The summed E-state index contributed by atoms with van der Waals surface area (Å²) in [6.07, 6.45) is 2.68. The fourth-order valence-electron chi connectivity index (χ4n) is 1.69. The predicted octanol–water partition coefficient (Wildman–Crippen LogP) is 3.52. The van der Waals surface area contributed by atoms with Crippen LogP contribution in [0.25, 0.3) is 0 Å². The van der Waals surface area contributed by atoms with Crippen molar-refractivity contribution in [2.75, 3.05) is 0 Å². The molecule has 0 bridgehead atoms. The van der Waals surface area contributed by atoms with Crippen molar-refractivity contribution in [2.24, 2.45) is 0 Å². The summed E-state index contributed by atoms with van der Waals surface area (Å²) in [6, 6.07) is 13.5. The summed E-state index contributed by atoms with van der Waals surface area (Å²) in [7, 11) is -0.693. The number of hydrogen-bond acceptors (Lipinski definition) is 0. The molecule has 0 amide bonds. The normalized spacial score (nSPS) is 12.4. The van der Waals surface area contributed by atoms with E-state index >= 15 is 0 Å². The maximum absolute atomic E-state index is 3.97. The highest BCUT2D eigenvalue weighted by Crippen LogP contribution is 2.09. The lowest BCUT2D eigenvalue weighted by Crippen LogP contribution is -2.13. The monoisotopic (exact) mass is 204 g/mol. The molecule has 0 aromatic heterocycles. The van der Waals surface area contributed by atoms with Gasteiger partial charge in [-0.1, -0.05) is 61.7 Å². The Balaban J connectivity index is 2.44. The van der Waals surface area contributed by atoms with E-state index in [-0.39, 0.29) is 0 Å². The van der Waals surface area contributed by atoms with Gasteiger partial charge in [-0.15, -0.1) is 12.3 Å². The Bertz CT molecular complexity index is 253. The van der Waals surface area contributed by atoms with Crippen LogP contribution < -0.4 is 0 Å². The van der Waals surface area contributed by atoms with Gasteiger partial charge in [0.15, 0.2) is 0 Å². The third-order valence-electron chi connectivity index (χ3n) is 2.60. The van der Waals surface area contributed by atoms with Crippen molar-refractivity contribution in [3.63, 3.8) is 0 Å². The van der Waals surface area contributed by atoms with Crippen LogP contribution in [-0.4, -0.2) is 8.80 Å². The van der Waals surface area contributed by atoms with Crippen molar-refractivity contribution in [1.82, 2.24) is 0 Å². The van der Waals surface area contributed by atoms with Crippen molar-refractivity contribution in [3.8, 4) is 0 Å². The van der Waals surface area contributed by atoms with Crippen molar-refractivity contribution in [2.45, 2.75) is 31.9 Å². The molecule has 0 heterocycles. The third-order valence-corrected chi connectivity index (χ3v) is 5.41. The molecule has 1 heteroatoms. The van der Waals surface area contributed by atoms with Crippen molar-refractivity contribution in [3.05, 3.63) is 48.2 Å². The number of rotatable bonds is 6. The minimum atomic E-state index is -0.693. The molecule has 0 N–H and O–H groups in total. The molecule has 1 aromatic carbocycles. The fraction of sp³-hybridized carbons (Fsp3) is 0.385. The Hall–Kier alpha value is -0.823. The molecule has 76 valence electrons. The van der Waals surface area contributed by atoms with E-state index in [1.54, 1.807) is 0 Å². The Morgan fingerprint density at radius 2 is 2.00 bits per heavy atom. The lowest BCUT2D eigenvalue weighted by atomic mass is 10.2. The highest BCUT2D eigenvalue weighted by Gasteiger charge is 2.05. The summed E-state index contributed by atoms with van der Waals surface area (Å²) in [5, 5.41) is 0.